The number of fused-ring (bicyclic) bond motifs is 1. The minimum Gasteiger partial charge on any atom is -0.338 e. The van der Waals surface area contributed by atoms with Crippen molar-refractivity contribution in [2.45, 2.75) is 0 Å². The van der Waals surface area contributed by atoms with Gasteiger partial charge in [-0.05, 0) is 24.3 Å². The van der Waals surface area contributed by atoms with Gasteiger partial charge in [0.1, 0.15) is 11.8 Å². The Bertz CT molecular complexity index is 937. The summed E-state index contributed by atoms with van der Waals surface area (Å²) in [7, 11) is 0. The van der Waals surface area contributed by atoms with Crippen LogP contribution in [-0.4, -0.2) is 15.0 Å². The number of para-hydroxylation sites is 1. The molecule has 4 rings (SSSR count). The van der Waals surface area contributed by atoms with E-state index in [1.54, 1.807) is 6.33 Å². The van der Waals surface area contributed by atoms with Crippen molar-refractivity contribution in [3.8, 4) is 11.3 Å². The molecule has 0 saturated heterocycles. The topological polar surface area (TPSA) is 50.7 Å². The number of benzene rings is 2. The number of aromatic nitrogens is 3. The molecule has 4 heteroatoms. The first-order chi connectivity index (χ1) is 11.4. The first-order valence-electron chi connectivity index (χ1n) is 7.39. The summed E-state index contributed by atoms with van der Waals surface area (Å²) >= 11 is 0. The van der Waals surface area contributed by atoms with E-state index in [1.807, 2.05) is 72.8 Å². The summed E-state index contributed by atoms with van der Waals surface area (Å²) < 4.78 is 0. The molecule has 4 aromatic rings. The quantitative estimate of drug-likeness (QED) is 0.607. The summed E-state index contributed by atoms with van der Waals surface area (Å²) in [6, 6.07) is 24.0. The van der Waals surface area contributed by atoms with Gasteiger partial charge in [-0.25, -0.2) is 15.0 Å². The third-order valence-corrected chi connectivity index (χ3v) is 3.59. The van der Waals surface area contributed by atoms with Crippen LogP contribution < -0.4 is 5.32 Å². The second kappa shape index (κ2) is 5.85. The number of pyridine rings is 1. The van der Waals surface area contributed by atoms with E-state index >= 15 is 0 Å². The van der Waals surface area contributed by atoms with Crippen LogP contribution in [0, 0.1) is 0 Å². The van der Waals surface area contributed by atoms with Gasteiger partial charge in [-0.2, -0.15) is 0 Å². The lowest BCUT2D eigenvalue weighted by Crippen LogP contribution is -1.98. The van der Waals surface area contributed by atoms with Crippen molar-refractivity contribution >= 4 is 22.5 Å². The van der Waals surface area contributed by atoms with Crippen LogP contribution in [0.5, 0.6) is 0 Å². The van der Waals surface area contributed by atoms with E-state index < -0.39 is 0 Å². The summed E-state index contributed by atoms with van der Waals surface area (Å²) in [5.41, 5.74) is 4.53. The van der Waals surface area contributed by atoms with E-state index in [4.69, 9.17) is 4.98 Å². The van der Waals surface area contributed by atoms with Crippen molar-refractivity contribution in [2.75, 3.05) is 5.32 Å². The lowest BCUT2D eigenvalue weighted by molar-refractivity contribution is 1.19. The molecule has 2 aromatic carbocycles. The molecule has 23 heavy (non-hydrogen) atoms. The molecular formula is C19H14N4. The molecule has 2 aromatic heterocycles. The average Bonchev–Trinajstić information content (AvgIpc) is 2.63. The van der Waals surface area contributed by atoms with Gasteiger partial charge in [-0.3, -0.25) is 0 Å². The zero-order valence-corrected chi connectivity index (χ0v) is 12.3. The van der Waals surface area contributed by atoms with Crippen LogP contribution in [-0.2, 0) is 0 Å². The molecule has 110 valence electrons. The fourth-order valence-corrected chi connectivity index (χ4v) is 2.46. The Balaban J connectivity index is 1.82. The molecule has 4 nitrogen and oxygen atoms in total. The standard InChI is InChI=1S/C19H14N4/c1-3-7-14(8-4-1)16-11-12-17-18(23-16)19(21-13-20-17)22-15-9-5-2-6-10-15/h1-13H,(H,20,21,22). The summed E-state index contributed by atoms with van der Waals surface area (Å²) in [6.07, 6.45) is 1.55. The highest BCUT2D eigenvalue weighted by Gasteiger charge is 2.08. The zero-order chi connectivity index (χ0) is 15.5. The van der Waals surface area contributed by atoms with E-state index in [0.29, 0.717) is 5.82 Å². The number of nitrogens with one attached hydrogen (secondary N) is 1. The van der Waals surface area contributed by atoms with Gasteiger partial charge in [0.05, 0.1) is 11.2 Å². The molecule has 1 N–H and O–H groups in total. The maximum Gasteiger partial charge on any atom is 0.160 e. The van der Waals surface area contributed by atoms with Crippen molar-refractivity contribution in [1.29, 1.82) is 0 Å². The Morgan fingerprint density at radius 1 is 0.696 bits per heavy atom. The smallest absolute Gasteiger partial charge is 0.160 e. The van der Waals surface area contributed by atoms with Gasteiger partial charge in [-0.1, -0.05) is 48.5 Å². The van der Waals surface area contributed by atoms with Crippen LogP contribution in [0.1, 0.15) is 0 Å². The monoisotopic (exact) mass is 298 g/mol. The van der Waals surface area contributed by atoms with Crippen LogP contribution in [0.25, 0.3) is 22.3 Å². The van der Waals surface area contributed by atoms with E-state index in [1.165, 1.54) is 0 Å². The Morgan fingerprint density at radius 3 is 2.22 bits per heavy atom. The molecule has 0 bridgehead atoms. The molecule has 0 amide bonds. The third-order valence-electron chi connectivity index (χ3n) is 3.59. The predicted octanol–water partition coefficient (Wildman–Crippen LogP) is 4.44. The lowest BCUT2D eigenvalue weighted by Gasteiger charge is -2.09. The van der Waals surface area contributed by atoms with Crippen LogP contribution in [0.4, 0.5) is 11.5 Å². The Labute approximate surface area is 133 Å². The molecule has 0 fully saturated rings. The highest BCUT2D eigenvalue weighted by molar-refractivity contribution is 5.88. The number of rotatable bonds is 3. The highest BCUT2D eigenvalue weighted by atomic mass is 15.0. The van der Waals surface area contributed by atoms with Crippen LogP contribution >= 0.6 is 0 Å². The number of hydrogen-bond donors (Lipinski definition) is 1. The van der Waals surface area contributed by atoms with Crippen LogP contribution in [0.2, 0.25) is 0 Å². The van der Waals surface area contributed by atoms with Gasteiger partial charge in [-0.15, -0.1) is 0 Å². The first kappa shape index (κ1) is 13.4. The van der Waals surface area contributed by atoms with Crippen molar-refractivity contribution in [2.24, 2.45) is 0 Å². The second-order valence-corrected chi connectivity index (χ2v) is 5.14. The van der Waals surface area contributed by atoms with E-state index in [9.17, 15) is 0 Å². The highest BCUT2D eigenvalue weighted by Crippen LogP contribution is 2.25. The van der Waals surface area contributed by atoms with E-state index in [0.717, 1.165) is 28.0 Å². The normalized spacial score (nSPS) is 10.6. The Kier molecular flexibility index (Phi) is 3.41. The fraction of sp³-hybridized carbons (Fsp3) is 0. The molecule has 0 aliphatic carbocycles. The lowest BCUT2D eigenvalue weighted by atomic mass is 10.1. The number of nitrogens with zero attached hydrogens (tertiary/aromatic N) is 3. The van der Waals surface area contributed by atoms with Gasteiger partial charge in [0, 0.05) is 11.3 Å². The largest absolute Gasteiger partial charge is 0.338 e. The van der Waals surface area contributed by atoms with E-state index in [-0.39, 0.29) is 0 Å². The third kappa shape index (κ3) is 2.74. The minimum absolute atomic E-state index is 0.707. The summed E-state index contributed by atoms with van der Waals surface area (Å²) in [6.45, 7) is 0. The summed E-state index contributed by atoms with van der Waals surface area (Å²) in [5.74, 6) is 0.707. The molecule has 0 atom stereocenters. The van der Waals surface area contributed by atoms with Gasteiger partial charge >= 0.3 is 0 Å². The predicted molar refractivity (Wildman–Crippen MR) is 92.5 cm³/mol. The maximum absolute atomic E-state index is 4.75. The fourth-order valence-electron chi connectivity index (χ4n) is 2.46. The summed E-state index contributed by atoms with van der Waals surface area (Å²) in [4.78, 5) is 13.4. The van der Waals surface area contributed by atoms with Crippen LogP contribution in [0.3, 0.4) is 0 Å². The van der Waals surface area contributed by atoms with Gasteiger partial charge < -0.3 is 5.32 Å². The molecular weight excluding hydrogens is 284 g/mol. The zero-order valence-electron chi connectivity index (χ0n) is 12.3. The van der Waals surface area contributed by atoms with Crippen molar-refractivity contribution in [3.05, 3.63) is 79.1 Å². The van der Waals surface area contributed by atoms with Gasteiger partial charge in [0.25, 0.3) is 0 Å². The Hall–Kier alpha value is -3.27. The maximum atomic E-state index is 4.75. The first-order valence-corrected chi connectivity index (χ1v) is 7.39. The van der Waals surface area contributed by atoms with Crippen LogP contribution in [0.15, 0.2) is 79.1 Å². The Morgan fingerprint density at radius 2 is 1.43 bits per heavy atom. The van der Waals surface area contributed by atoms with Crippen molar-refractivity contribution in [1.82, 2.24) is 15.0 Å². The summed E-state index contributed by atoms with van der Waals surface area (Å²) in [5, 5.41) is 3.31. The molecule has 0 aliphatic rings. The number of hydrogen-bond acceptors (Lipinski definition) is 4. The molecule has 0 aliphatic heterocycles. The van der Waals surface area contributed by atoms with Crippen molar-refractivity contribution in [3.63, 3.8) is 0 Å². The molecule has 0 radical (unpaired) electrons. The molecule has 2 heterocycles. The SMILES string of the molecule is c1ccc(Nc2ncnc3ccc(-c4ccccc4)nc23)cc1. The van der Waals surface area contributed by atoms with Gasteiger partial charge in [0.15, 0.2) is 5.82 Å². The molecule has 0 spiro atoms. The van der Waals surface area contributed by atoms with Crippen molar-refractivity contribution < 1.29 is 0 Å². The second-order valence-electron chi connectivity index (χ2n) is 5.14. The molecule has 0 saturated carbocycles. The average molecular weight is 298 g/mol. The number of anilines is 2. The molecule has 0 unspecified atom stereocenters. The van der Waals surface area contributed by atoms with Gasteiger partial charge in [0.2, 0.25) is 0 Å². The minimum atomic E-state index is 0.707. The van der Waals surface area contributed by atoms with E-state index in [2.05, 4.69) is 15.3 Å².